The van der Waals surface area contributed by atoms with Crippen molar-refractivity contribution in [3.63, 3.8) is 0 Å². The summed E-state index contributed by atoms with van der Waals surface area (Å²) >= 11 is 6.23. The molecule has 3 aromatic carbocycles. The molecule has 1 amide bonds. The zero-order valence-corrected chi connectivity index (χ0v) is 17.1. The van der Waals surface area contributed by atoms with Crippen molar-refractivity contribution in [2.45, 2.75) is 6.29 Å². The van der Waals surface area contributed by atoms with Crippen LogP contribution in [-0.4, -0.2) is 23.4 Å². The Morgan fingerprint density at radius 2 is 1.48 bits per heavy atom. The van der Waals surface area contributed by atoms with Crippen molar-refractivity contribution in [2.75, 3.05) is 0 Å². The number of hydrogen-bond donors (Lipinski definition) is 1. The molecule has 154 valence electrons. The standard InChI is InChI=1S/C24H18ClN3O3/c25-22-18(15-17-9-7-8-14-21(17)27-22)16-26-28-23(29)24(30-19-10-3-1-4-11-19)31-20-12-5-2-6-13-20/h1-16,24H,(H,28,29)/b26-16-. The fraction of sp³-hybridized carbons (Fsp3) is 0.0417. The van der Waals surface area contributed by atoms with Crippen LogP contribution in [-0.2, 0) is 4.79 Å². The summed E-state index contributed by atoms with van der Waals surface area (Å²) in [5.74, 6) is 0.405. The van der Waals surface area contributed by atoms with Gasteiger partial charge in [0, 0.05) is 10.9 Å². The lowest BCUT2D eigenvalue weighted by Gasteiger charge is -2.18. The van der Waals surface area contributed by atoms with Gasteiger partial charge in [0.15, 0.2) is 0 Å². The summed E-state index contributed by atoms with van der Waals surface area (Å²) in [7, 11) is 0. The van der Waals surface area contributed by atoms with Crippen molar-refractivity contribution in [1.29, 1.82) is 0 Å². The van der Waals surface area contributed by atoms with E-state index in [1.165, 1.54) is 6.21 Å². The van der Waals surface area contributed by atoms with Gasteiger partial charge in [0.1, 0.15) is 16.7 Å². The maximum absolute atomic E-state index is 12.7. The van der Waals surface area contributed by atoms with Crippen molar-refractivity contribution in [3.05, 3.63) is 102 Å². The minimum Gasteiger partial charge on any atom is -0.446 e. The minimum absolute atomic E-state index is 0.286. The van der Waals surface area contributed by atoms with Gasteiger partial charge in [-0.15, -0.1) is 0 Å². The highest BCUT2D eigenvalue weighted by Gasteiger charge is 2.22. The highest BCUT2D eigenvalue weighted by molar-refractivity contribution is 6.32. The molecule has 1 N–H and O–H groups in total. The van der Waals surface area contributed by atoms with Gasteiger partial charge in [-0.3, -0.25) is 4.79 Å². The average molecular weight is 432 g/mol. The number of para-hydroxylation sites is 3. The molecule has 0 atom stereocenters. The van der Waals surface area contributed by atoms with Crippen LogP contribution in [0.5, 0.6) is 11.5 Å². The van der Waals surface area contributed by atoms with Gasteiger partial charge >= 0.3 is 12.2 Å². The number of fused-ring (bicyclic) bond motifs is 1. The predicted octanol–water partition coefficient (Wildman–Crippen LogP) is 4.82. The highest BCUT2D eigenvalue weighted by atomic mass is 35.5. The van der Waals surface area contributed by atoms with E-state index >= 15 is 0 Å². The van der Waals surface area contributed by atoms with Crippen LogP contribution in [0.15, 0.2) is 96.1 Å². The van der Waals surface area contributed by atoms with Gasteiger partial charge in [0.2, 0.25) is 0 Å². The first-order valence-corrected chi connectivity index (χ1v) is 9.88. The molecule has 4 aromatic rings. The van der Waals surface area contributed by atoms with Gasteiger partial charge < -0.3 is 9.47 Å². The zero-order valence-electron chi connectivity index (χ0n) is 16.3. The zero-order chi connectivity index (χ0) is 21.5. The van der Waals surface area contributed by atoms with Crippen LogP contribution in [0.2, 0.25) is 5.15 Å². The largest absolute Gasteiger partial charge is 0.446 e. The number of pyridine rings is 1. The summed E-state index contributed by atoms with van der Waals surface area (Å²) in [6, 6.07) is 27.3. The molecule has 7 heteroatoms. The first-order chi connectivity index (χ1) is 15.2. The molecule has 0 unspecified atom stereocenters. The molecule has 1 aromatic heterocycles. The normalized spacial score (nSPS) is 11.0. The van der Waals surface area contributed by atoms with Gasteiger partial charge in [0.25, 0.3) is 0 Å². The van der Waals surface area contributed by atoms with E-state index in [9.17, 15) is 4.79 Å². The molecular formula is C24H18ClN3O3. The second-order valence-electron chi connectivity index (χ2n) is 6.49. The van der Waals surface area contributed by atoms with Crippen molar-refractivity contribution in [1.82, 2.24) is 10.4 Å². The van der Waals surface area contributed by atoms with Crippen molar-refractivity contribution >= 4 is 34.6 Å². The Labute approximate surface area is 184 Å². The molecule has 0 radical (unpaired) electrons. The summed E-state index contributed by atoms with van der Waals surface area (Å²) in [5, 5.41) is 5.20. The van der Waals surface area contributed by atoms with Crippen LogP contribution in [0.4, 0.5) is 0 Å². The number of nitrogens with one attached hydrogen (secondary N) is 1. The Morgan fingerprint density at radius 1 is 0.903 bits per heavy atom. The monoisotopic (exact) mass is 431 g/mol. The molecule has 0 aliphatic rings. The molecule has 0 spiro atoms. The van der Waals surface area contributed by atoms with E-state index in [2.05, 4.69) is 15.5 Å². The number of nitrogens with zero attached hydrogens (tertiary/aromatic N) is 2. The van der Waals surface area contributed by atoms with E-state index < -0.39 is 12.2 Å². The van der Waals surface area contributed by atoms with Crippen LogP contribution < -0.4 is 14.9 Å². The summed E-state index contributed by atoms with van der Waals surface area (Å²) in [6.45, 7) is 0. The second-order valence-corrected chi connectivity index (χ2v) is 6.85. The first kappa shape index (κ1) is 20.4. The average Bonchev–Trinajstić information content (AvgIpc) is 2.80. The smallest absolute Gasteiger partial charge is 0.323 e. The molecule has 31 heavy (non-hydrogen) atoms. The lowest BCUT2D eigenvalue weighted by molar-refractivity contribution is -0.140. The Bertz CT molecular complexity index is 1160. The van der Waals surface area contributed by atoms with E-state index in [0.29, 0.717) is 17.1 Å². The number of halogens is 1. The van der Waals surface area contributed by atoms with Crippen LogP contribution in [0.25, 0.3) is 10.9 Å². The Hall–Kier alpha value is -3.90. The summed E-state index contributed by atoms with van der Waals surface area (Å²) in [6.07, 6.45) is 0.189. The Morgan fingerprint density at radius 3 is 2.13 bits per heavy atom. The van der Waals surface area contributed by atoms with Gasteiger partial charge in [-0.25, -0.2) is 10.4 Å². The maximum atomic E-state index is 12.7. The van der Waals surface area contributed by atoms with E-state index in [0.717, 1.165) is 10.9 Å². The third-order valence-electron chi connectivity index (χ3n) is 4.27. The van der Waals surface area contributed by atoms with Gasteiger partial charge in [-0.05, 0) is 36.4 Å². The van der Waals surface area contributed by atoms with E-state index in [-0.39, 0.29) is 5.15 Å². The SMILES string of the molecule is O=C(N/N=C\c1cc2ccccc2nc1Cl)C(Oc1ccccc1)Oc1ccccc1. The number of amides is 1. The molecule has 0 bridgehead atoms. The number of benzene rings is 3. The lowest BCUT2D eigenvalue weighted by Crippen LogP contribution is -2.40. The molecule has 0 saturated heterocycles. The molecule has 0 aliphatic heterocycles. The molecule has 0 aliphatic carbocycles. The highest BCUT2D eigenvalue weighted by Crippen LogP contribution is 2.19. The third kappa shape index (κ3) is 5.38. The summed E-state index contributed by atoms with van der Waals surface area (Å²) in [5.41, 5.74) is 3.79. The minimum atomic E-state index is -1.24. The Kier molecular flexibility index (Phi) is 6.40. The summed E-state index contributed by atoms with van der Waals surface area (Å²) in [4.78, 5) is 17.0. The molecular weight excluding hydrogens is 414 g/mol. The number of hydrogen-bond acceptors (Lipinski definition) is 5. The fourth-order valence-electron chi connectivity index (χ4n) is 2.79. The molecule has 1 heterocycles. The fourth-order valence-corrected chi connectivity index (χ4v) is 2.99. The number of hydrazone groups is 1. The number of aromatic nitrogens is 1. The summed E-state index contributed by atoms with van der Waals surface area (Å²) < 4.78 is 11.4. The van der Waals surface area contributed by atoms with Gasteiger partial charge in [-0.1, -0.05) is 66.2 Å². The Balaban J connectivity index is 1.49. The van der Waals surface area contributed by atoms with Crippen LogP contribution in [0.3, 0.4) is 0 Å². The van der Waals surface area contributed by atoms with E-state index in [1.807, 2.05) is 42.5 Å². The van der Waals surface area contributed by atoms with E-state index in [1.54, 1.807) is 48.5 Å². The quantitative estimate of drug-likeness (QED) is 0.197. The maximum Gasteiger partial charge on any atom is 0.323 e. The number of carbonyl (C=O) groups is 1. The number of rotatable bonds is 7. The first-order valence-electron chi connectivity index (χ1n) is 9.51. The van der Waals surface area contributed by atoms with Gasteiger partial charge in [0.05, 0.1) is 11.7 Å². The molecule has 0 fully saturated rings. The van der Waals surface area contributed by atoms with Crippen molar-refractivity contribution in [2.24, 2.45) is 5.10 Å². The van der Waals surface area contributed by atoms with Crippen molar-refractivity contribution < 1.29 is 14.3 Å². The van der Waals surface area contributed by atoms with Gasteiger partial charge in [-0.2, -0.15) is 5.10 Å². The van der Waals surface area contributed by atoms with Crippen LogP contribution in [0.1, 0.15) is 5.56 Å². The topological polar surface area (TPSA) is 72.8 Å². The predicted molar refractivity (Wildman–Crippen MR) is 120 cm³/mol. The number of ether oxygens (including phenoxy) is 2. The van der Waals surface area contributed by atoms with Crippen LogP contribution in [0, 0.1) is 0 Å². The second kappa shape index (κ2) is 9.73. The molecule has 6 nitrogen and oxygen atoms in total. The van der Waals surface area contributed by atoms with Crippen molar-refractivity contribution in [3.8, 4) is 11.5 Å². The molecule has 0 saturated carbocycles. The van der Waals surface area contributed by atoms with Crippen LogP contribution >= 0.6 is 11.6 Å². The van der Waals surface area contributed by atoms with E-state index in [4.69, 9.17) is 21.1 Å². The lowest BCUT2D eigenvalue weighted by atomic mass is 10.2. The third-order valence-corrected chi connectivity index (χ3v) is 4.57. The number of carbonyl (C=O) groups excluding carboxylic acids is 1. The molecule has 4 rings (SSSR count).